The number of pyridine rings is 1. The van der Waals surface area contributed by atoms with Gasteiger partial charge >= 0.3 is 0 Å². The molecule has 30 heavy (non-hydrogen) atoms. The summed E-state index contributed by atoms with van der Waals surface area (Å²) in [6.45, 7) is 5.61. The molecule has 0 saturated carbocycles. The van der Waals surface area contributed by atoms with Crippen LogP contribution in [0.3, 0.4) is 0 Å². The second kappa shape index (κ2) is 7.71. The van der Waals surface area contributed by atoms with Crippen LogP contribution >= 0.6 is 0 Å². The van der Waals surface area contributed by atoms with Gasteiger partial charge in [0, 0.05) is 37.6 Å². The van der Waals surface area contributed by atoms with E-state index in [0.29, 0.717) is 24.9 Å². The second-order valence-electron chi connectivity index (χ2n) is 6.86. The molecule has 1 fully saturated rings. The lowest BCUT2D eigenvalue weighted by atomic mass is 10.2. The highest BCUT2D eigenvalue weighted by molar-refractivity contribution is 5.87. The number of hydrogen-bond donors (Lipinski definition) is 0. The van der Waals surface area contributed by atoms with Gasteiger partial charge < -0.3 is 18.9 Å². The standard InChI is InChI=1S/C20H22N8O2/c1-3-27-17(14-4-6-21-7-5-14)23-16-18(26-8-10-30-11-9-26)24-20(25-19(16)27)28-13-15(29-2)12-22-28/h4-7,12-13H,3,8-11H2,1-2H3. The van der Waals surface area contributed by atoms with Crippen molar-refractivity contribution in [2.24, 2.45) is 0 Å². The minimum Gasteiger partial charge on any atom is -0.493 e. The molecule has 0 N–H and O–H groups in total. The van der Waals surface area contributed by atoms with Crippen LogP contribution in [0.25, 0.3) is 28.5 Å². The first kappa shape index (κ1) is 18.5. The average molecular weight is 406 g/mol. The summed E-state index contributed by atoms with van der Waals surface area (Å²) >= 11 is 0. The van der Waals surface area contributed by atoms with Gasteiger partial charge in [0.05, 0.1) is 32.7 Å². The van der Waals surface area contributed by atoms with Crippen molar-refractivity contribution in [1.82, 2.24) is 34.3 Å². The van der Waals surface area contributed by atoms with Crippen molar-refractivity contribution < 1.29 is 9.47 Å². The quantitative estimate of drug-likeness (QED) is 0.496. The molecule has 5 heterocycles. The maximum Gasteiger partial charge on any atom is 0.254 e. The summed E-state index contributed by atoms with van der Waals surface area (Å²) in [5.74, 6) is 2.75. The topological polar surface area (TPSA) is 96.0 Å². The van der Waals surface area contributed by atoms with Gasteiger partial charge in [-0.3, -0.25) is 4.98 Å². The number of anilines is 1. The number of nitrogens with zero attached hydrogens (tertiary/aromatic N) is 8. The molecule has 0 aromatic carbocycles. The van der Waals surface area contributed by atoms with E-state index in [9.17, 15) is 0 Å². The minimum absolute atomic E-state index is 0.475. The number of fused-ring (bicyclic) bond motifs is 1. The van der Waals surface area contributed by atoms with Gasteiger partial charge in [0.1, 0.15) is 5.82 Å². The monoisotopic (exact) mass is 406 g/mol. The number of methoxy groups -OCH3 is 1. The predicted octanol–water partition coefficient (Wildman–Crippen LogP) is 1.94. The third kappa shape index (κ3) is 3.14. The largest absolute Gasteiger partial charge is 0.493 e. The Bertz CT molecular complexity index is 1160. The van der Waals surface area contributed by atoms with Crippen LogP contribution in [-0.2, 0) is 11.3 Å². The summed E-state index contributed by atoms with van der Waals surface area (Å²) in [5, 5.41) is 4.36. The highest BCUT2D eigenvalue weighted by Crippen LogP contribution is 2.30. The van der Waals surface area contributed by atoms with E-state index in [1.165, 1.54) is 0 Å². The normalized spacial score (nSPS) is 14.4. The Kier molecular flexibility index (Phi) is 4.75. The molecule has 10 heteroatoms. The summed E-state index contributed by atoms with van der Waals surface area (Å²) in [5.41, 5.74) is 2.53. The lowest BCUT2D eigenvalue weighted by Crippen LogP contribution is -2.37. The van der Waals surface area contributed by atoms with Gasteiger partial charge in [-0.25, -0.2) is 9.67 Å². The highest BCUT2D eigenvalue weighted by atomic mass is 16.5. The molecule has 0 atom stereocenters. The van der Waals surface area contributed by atoms with Gasteiger partial charge in [-0.1, -0.05) is 0 Å². The Labute approximate surface area is 173 Å². The lowest BCUT2D eigenvalue weighted by molar-refractivity contribution is 0.122. The molecule has 1 saturated heterocycles. The van der Waals surface area contributed by atoms with Crippen LogP contribution in [0, 0.1) is 0 Å². The zero-order valence-electron chi connectivity index (χ0n) is 16.9. The number of hydrogen-bond acceptors (Lipinski definition) is 8. The Hall–Kier alpha value is -3.53. The SMILES string of the molecule is CCn1c(-c2ccncc2)nc2c(N3CCOCC3)nc(-n3cc(OC)cn3)nc21. The second-order valence-corrected chi connectivity index (χ2v) is 6.86. The van der Waals surface area contributed by atoms with Crippen molar-refractivity contribution in [2.45, 2.75) is 13.5 Å². The summed E-state index contributed by atoms with van der Waals surface area (Å²) in [7, 11) is 1.61. The van der Waals surface area contributed by atoms with Crippen molar-refractivity contribution in [3.8, 4) is 23.1 Å². The fraction of sp³-hybridized carbons (Fsp3) is 0.350. The summed E-state index contributed by atoms with van der Waals surface area (Å²) in [4.78, 5) is 20.9. The number of aromatic nitrogens is 7. The van der Waals surface area contributed by atoms with Gasteiger partial charge in [0.2, 0.25) is 0 Å². The van der Waals surface area contributed by atoms with E-state index in [0.717, 1.165) is 48.0 Å². The van der Waals surface area contributed by atoms with Crippen LogP contribution in [0.2, 0.25) is 0 Å². The van der Waals surface area contributed by atoms with E-state index in [-0.39, 0.29) is 0 Å². The number of aryl methyl sites for hydroxylation is 1. The van der Waals surface area contributed by atoms with Gasteiger partial charge in [-0.2, -0.15) is 15.1 Å². The first-order valence-corrected chi connectivity index (χ1v) is 9.89. The van der Waals surface area contributed by atoms with Crippen LogP contribution < -0.4 is 9.64 Å². The Balaban J connectivity index is 1.74. The maximum absolute atomic E-state index is 5.53. The first-order chi connectivity index (χ1) is 14.8. The molecule has 0 spiro atoms. The third-order valence-corrected chi connectivity index (χ3v) is 5.13. The van der Waals surface area contributed by atoms with Crippen molar-refractivity contribution >= 4 is 17.0 Å². The van der Waals surface area contributed by atoms with Gasteiger partial charge in [0.25, 0.3) is 5.95 Å². The molecule has 10 nitrogen and oxygen atoms in total. The Morgan fingerprint density at radius 1 is 1.10 bits per heavy atom. The number of ether oxygens (including phenoxy) is 2. The molecule has 4 aromatic rings. The van der Waals surface area contributed by atoms with Crippen molar-refractivity contribution in [3.63, 3.8) is 0 Å². The minimum atomic E-state index is 0.475. The highest BCUT2D eigenvalue weighted by Gasteiger charge is 2.24. The van der Waals surface area contributed by atoms with Crippen molar-refractivity contribution in [2.75, 3.05) is 38.3 Å². The lowest BCUT2D eigenvalue weighted by Gasteiger charge is -2.28. The fourth-order valence-electron chi connectivity index (χ4n) is 3.62. The molecule has 0 radical (unpaired) electrons. The van der Waals surface area contributed by atoms with E-state index in [4.69, 9.17) is 24.4 Å². The smallest absolute Gasteiger partial charge is 0.254 e. The van der Waals surface area contributed by atoms with E-state index < -0.39 is 0 Å². The molecule has 0 aliphatic carbocycles. The van der Waals surface area contributed by atoms with Crippen LogP contribution in [-0.4, -0.2) is 67.7 Å². The van der Waals surface area contributed by atoms with Crippen LogP contribution in [0.1, 0.15) is 6.92 Å². The van der Waals surface area contributed by atoms with E-state index in [2.05, 4.69) is 26.5 Å². The molecular formula is C20H22N8O2. The summed E-state index contributed by atoms with van der Waals surface area (Å²) < 4.78 is 14.5. The molecule has 0 amide bonds. The van der Waals surface area contributed by atoms with E-state index >= 15 is 0 Å². The number of imidazole rings is 1. The number of morpholine rings is 1. The van der Waals surface area contributed by atoms with Crippen LogP contribution in [0.15, 0.2) is 36.9 Å². The predicted molar refractivity (Wildman–Crippen MR) is 111 cm³/mol. The van der Waals surface area contributed by atoms with E-state index in [1.807, 2.05) is 12.1 Å². The van der Waals surface area contributed by atoms with Crippen LogP contribution in [0.4, 0.5) is 5.82 Å². The molecule has 0 bridgehead atoms. The molecule has 1 aliphatic heterocycles. The van der Waals surface area contributed by atoms with E-state index in [1.54, 1.807) is 36.6 Å². The Morgan fingerprint density at radius 3 is 2.60 bits per heavy atom. The van der Waals surface area contributed by atoms with Crippen molar-refractivity contribution in [1.29, 1.82) is 0 Å². The molecule has 5 rings (SSSR count). The fourth-order valence-corrected chi connectivity index (χ4v) is 3.62. The molecule has 4 aromatic heterocycles. The number of rotatable bonds is 5. The van der Waals surface area contributed by atoms with Gasteiger partial charge in [-0.15, -0.1) is 0 Å². The summed E-state index contributed by atoms with van der Waals surface area (Å²) in [6.07, 6.45) is 6.94. The first-order valence-electron chi connectivity index (χ1n) is 9.89. The molecule has 154 valence electrons. The maximum atomic E-state index is 5.53. The van der Waals surface area contributed by atoms with Gasteiger partial charge in [-0.05, 0) is 19.1 Å². The van der Waals surface area contributed by atoms with Gasteiger partial charge in [0.15, 0.2) is 22.7 Å². The Morgan fingerprint density at radius 2 is 1.90 bits per heavy atom. The van der Waals surface area contributed by atoms with Crippen LogP contribution in [0.5, 0.6) is 5.75 Å². The molecule has 1 aliphatic rings. The third-order valence-electron chi connectivity index (χ3n) is 5.13. The molecule has 0 unspecified atom stereocenters. The van der Waals surface area contributed by atoms with Crippen molar-refractivity contribution in [3.05, 3.63) is 36.9 Å². The molecular weight excluding hydrogens is 384 g/mol. The average Bonchev–Trinajstić information content (AvgIpc) is 3.44. The summed E-state index contributed by atoms with van der Waals surface area (Å²) in [6, 6.07) is 3.91. The zero-order chi connectivity index (χ0) is 20.5. The zero-order valence-corrected chi connectivity index (χ0v) is 16.9.